The summed E-state index contributed by atoms with van der Waals surface area (Å²) in [7, 11) is 0. The fourth-order valence-corrected chi connectivity index (χ4v) is 2.99. The minimum absolute atomic E-state index is 0.553. The third-order valence-corrected chi connectivity index (χ3v) is 4.22. The van der Waals surface area contributed by atoms with Gasteiger partial charge in [-0.15, -0.1) is 0 Å². The van der Waals surface area contributed by atoms with Gasteiger partial charge in [0, 0.05) is 36.2 Å². The molecular weight excluding hydrogens is 246 g/mol. The van der Waals surface area contributed by atoms with Crippen LogP contribution >= 0.6 is 0 Å². The highest BCUT2D eigenvalue weighted by Gasteiger charge is 2.12. The van der Waals surface area contributed by atoms with Gasteiger partial charge in [-0.05, 0) is 43.1 Å². The van der Waals surface area contributed by atoms with Crippen LogP contribution in [-0.2, 0) is 6.54 Å². The topological polar surface area (TPSA) is 31.1 Å². The van der Waals surface area contributed by atoms with Crippen molar-refractivity contribution in [2.45, 2.75) is 32.7 Å². The van der Waals surface area contributed by atoms with Crippen LogP contribution in [0.2, 0.25) is 0 Å². The van der Waals surface area contributed by atoms with Gasteiger partial charge < -0.3 is 10.3 Å². The molecule has 0 spiro atoms. The first-order valence-corrected chi connectivity index (χ1v) is 7.77. The first kappa shape index (κ1) is 13.7. The van der Waals surface area contributed by atoms with Crippen LogP contribution in [0.15, 0.2) is 24.3 Å². The first-order chi connectivity index (χ1) is 9.74. The molecule has 1 aliphatic heterocycles. The fraction of sp³-hybridized carbons (Fsp3) is 0.529. The number of hydrogen-bond donors (Lipinski definition) is 2. The SMILES string of the molecule is CC(C)c1cc2c(CN3CCCNCC3)cccc2[nH]1. The number of aromatic amines is 1. The number of aromatic nitrogens is 1. The molecule has 1 aliphatic rings. The Morgan fingerprint density at radius 1 is 1.20 bits per heavy atom. The summed E-state index contributed by atoms with van der Waals surface area (Å²) in [6, 6.07) is 8.98. The third-order valence-electron chi connectivity index (χ3n) is 4.22. The number of H-pyrrole nitrogens is 1. The lowest BCUT2D eigenvalue weighted by molar-refractivity contribution is 0.285. The van der Waals surface area contributed by atoms with E-state index in [1.54, 1.807) is 0 Å². The number of nitrogens with one attached hydrogen (secondary N) is 2. The van der Waals surface area contributed by atoms with Crippen LogP contribution in [-0.4, -0.2) is 36.1 Å². The predicted molar refractivity (Wildman–Crippen MR) is 85.2 cm³/mol. The summed E-state index contributed by atoms with van der Waals surface area (Å²) in [6.07, 6.45) is 1.25. The summed E-state index contributed by atoms with van der Waals surface area (Å²) in [5, 5.41) is 4.87. The Kier molecular flexibility index (Phi) is 4.08. The lowest BCUT2D eigenvalue weighted by Gasteiger charge is -2.19. The summed E-state index contributed by atoms with van der Waals surface area (Å²) < 4.78 is 0. The third kappa shape index (κ3) is 2.89. The quantitative estimate of drug-likeness (QED) is 0.899. The molecular formula is C17H25N3. The summed E-state index contributed by atoms with van der Waals surface area (Å²) in [6.45, 7) is 10.2. The number of rotatable bonds is 3. The monoisotopic (exact) mass is 271 g/mol. The van der Waals surface area contributed by atoms with Crippen molar-refractivity contribution >= 4 is 10.9 Å². The highest BCUT2D eigenvalue weighted by atomic mass is 15.1. The van der Waals surface area contributed by atoms with Crippen LogP contribution in [0.5, 0.6) is 0 Å². The normalized spacial score (nSPS) is 17.8. The number of nitrogens with zero attached hydrogens (tertiary/aromatic N) is 1. The van der Waals surface area contributed by atoms with Crippen molar-refractivity contribution in [2.24, 2.45) is 0 Å². The van der Waals surface area contributed by atoms with Crippen LogP contribution in [0.25, 0.3) is 10.9 Å². The van der Waals surface area contributed by atoms with E-state index in [0.717, 1.165) is 26.2 Å². The Labute approximate surface area is 121 Å². The van der Waals surface area contributed by atoms with E-state index in [1.807, 2.05) is 0 Å². The first-order valence-electron chi connectivity index (χ1n) is 7.77. The molecule has 3 heteroatoms. The van der Waals surface area contributed by atoms with E-state index < -0.39 is 0 Å². The number of hydrogen-bond acceptors (Lipinski definition) is 2. The van der Waals surface area contributed by atoms with Crippen molar-refractivity contribution in [3.63, 3.8) is 0 Å². The maximum atomic E-state index is 3.55. The molecule has 0 unspecified atom stereocenters. The molecule has 0 atom stereocenters. The van der Waals surface area contributed by atoms with Crippen molar-refractivity contribution < 1.29 is 0 Å². The van der Waals surface area contributed by atoms with Gasteiger partial charge in [0.1, 0.15) is 0 Å². The van der Waals surface area contributed by atoms with Gasteiger partial charge in [-0.3, -0.25) is 4.90 Å². The van der Waals surface area contributed by atoms with E-state index in [-0.39, 0.29) is 0 Å². The molecule has 2 N–H and O–H groups in total. The molecule has 2 heterocycles. The predicted octanol–water partition coefficient (Wildman–Crippen LogP) is 3.09. The molecule has 0 aliphatic carbocycles. The van der Waals surface area contributed by atoms with Gasteiger partial charge in [-0.1, -0.05) is 26.0 Å². The van der Waals surface area contributed by atoms with Gasteiger partial charge in [-0.25, -0.2) is 0 Å². The zero-order valence-electron chi connectivity index (χ0n) is 12.6. The van der Waals surface area contributed by atoms with Crippen molar-refractivity contribution in [1.29, 1.82) is 0 Å². The molecule has 1 aromatic carbocycles. The minimum Gasteiger partial charge on any atom is -0.358 e. The summed E-state index contributed by atoms with van der Waals surface area (Å²) in [4.78, 5) is 6.12. The molecule has 20 heavy (non-hydrogen) atoms. The molecule has 0 radical (unpaired) electrons. The lowest BCUT2D eigenvalue weighted by atomic mass is 10.1. The van der Waals surface area contributed by atoms with Crippen LogP contribution in [0, 0.1) is 0 Å². The number of benzene rings is 1. The molecule has 1 saturated heterocycles. The Balaban J connectivity index is 1.86. The standard InChI is InChI=1S/C17H25N3/c1-13(2)17-11-15-14(5-3-6-16(15)19-17)12-20-9-4-7-18-8-10-20/h3,5-6,11,13,18-19H,4,7-10,12H2,1-2H3. The molecule has 1 aromatic heterocycles. The van der Waals surface area contributed by atoms with E-state index in [4.69, 9.17) is 0 Å². The Bertz CT molecular complexity index is 563. The van der Waals surface area contributed by atoms with Crippen molar-refractivity contribution in [1.82, 2.24) is 15.2 Å². The van der Waals surface area contributed by atoms with Gasteiger partial charge in [0.25, 0.3) is 0 Å². The van der Waals surface area contributed by atoms with Crippen LogP contribution in [0.4, 0.5) is 0 Å². The molecule has 0 saturated carbocycles. The maximum Gasteiger partial charge on any atom is 0.0459 e. The zero-order valence-corrected chi connectivity index (χ0v) is 12.6. The highest BCUT2D eigenvalue weighted by molar-refractivity contribution is 5.84. The maximum absolute atomic E-state index is 3.55. The molecule has 1 fully saturated rings. The Morgan fingerprint density at radius 2 is 2.10 bits per heavy atom. The van der Waals surface area contributed by atoms with Crippen molar-refractivity contribution in [2.75, 3.05) is 26.2 Å². The van der Waals surface area contributed by atoms with E-state index in [9.17, 15) is 0 Å². The van der Waals surface area contributed by atoms with E-state index in [1.165, 1.54) is 35.1 Å². The van der Waals surface area contributed by atoms with Gasteiger partial charge in [0.15, 0.2) is 0 Å². The number of fused-ring (bicyclic) bond motifs is 1. The van der Waals surface area contributed by atoms with Gasteiger partial charge in [-0.2, -0.15) is 0 Å². The Hall–Kier alpha value is -1.32. The summed E-state index contributed by atoms with van der Waals surface area (Å²) >= 11 is 0. The summed E-state index contributed by atoms with van der Waals surface area (Å²) in [5.74, 6) is 0.553. The molecule has 0 bridgehead atoms. The second-order valence-corrected chi connectivity index (χ2v) is 6.14. The molecule has 108 valence electrons. The smallest absolute Gasteiger partial charge is 0.0459 e. The molecule has 2 aromatic rings. The van der Waals surface area contributed by atoms with Gasteiger partial charge >= 0.3 is 0 Å². The van der Waals surface area contributed by atoms with Crippen LogP contribution < -0.4 is 5.32 Å². The zero-order chi connectivity index (χ0) is 13.9. The van der Waals surface area contributed by atoms with Crippen molar-refractivity contribution in [3.05, 3.63) is 35.5 Å². The average Bonchev–Trinajstić information content (AvgIpc) is 2.72. The largest absolute Gasteiger partial charge is 0.358 e. The second-order valence-electron chi connectivity index (χ2n) is 6.14. The van der Waals surface area contributed by atoms with E-state index in [0.29, 0.717) is 5.92 Å². The van der Waals surface area contributed by atoms with Gasteiger partial charge in [0.2, 0.25) is 0 Å². The fourth-order valence-electron chi connectivity index (χ4n) is 2.99. The van der Waals surface area contributed by atoms with Crippen molar-refractivity contribution in [3.8, 4) is 0 Å². The average molecular weight is 271 g/mol. The van der Waals surface area contributed by atoms with Crippen LogP contribution in [0.1, 0.15) is 37.4 Å². The Morgan fingerprint density at radius 3 is 2.95 bits per heavy atom. The second kappa shape index (κ2) is 5.98. The van der Waals surface area contributed by atoms with E-state index >= 15 is 0 Å². The van der Waals surface area contributed by atoms with Crippen LogP contribution in [0.3, 0.4) is 0 Å². The minimum atomic E-state index is 0.553. The summed E-state index contributed by atoms with van der Waals surface area (Å²) in [5.41, 5.74) is 4.07. The lowest BCUT2D eigenvalue weighted by Crippen LogP contribution is -2.27. The molecule has 3 rings (SSSR count). The molecule has 3 nitrogen and oxygen atoms in total. The van der Waals surface area contributed by atoms with E-state index in [2.05, 4.69) is 53.3 Å². The van der Waals surface area contributed by atoms with Gasteiger partial charge in [0.05, 0.1) is 0 Å². The highest BCUT2D eigenvalue weighted by Crippen LogP contribution is 2.25. The molecule has 0 amide bonds.